The average Bonchev–Trinajstić information content (AvgIpc) is 2.35. The zero-order valence-corrected chi connectivity index (χ0v) is 10.6. The summed E-state index contributed by atoms with van der Waals surface area (Å²) in [6, 6.07) is 7.90. The van der Waals surface area contributed by atoms with E-state index >= 15 is 0 Å². The molecule has 0 spiro atoms. The molecule has 3 nitrogen and oxygen atoms in total. The highest BCUT2D eigenvalue weighted by Gasteiger charge is 2.14. The van der Waals surface area contributed by atoms with Crippen molar-refractivity contribution < 1.29 is 9.84 Å². The summed E-state index contributed by atoms with van der Waals surface area (Å²) >= 11 is 0. The maximum atomic E-state index is 9.12. The zero-order valence-electron chi connectivity index (χ0n) is 10.6. The molecule has 0 aliphatic carbocycles. The first-order valence-corrected chi connectivity index (χ1v) is 5.76. The highest BCUT2D eigenvalue weighted by Crippen LogP contribution is 2.13. The molecule has 0 aromatic heterocycles. The lowest BCUT2D eigenvalue weighted by Gasteiger charge is -2.23. The first-order valence-electron chi connectivity index (χ1n) is 5.76. The number of aliphatic hydroxyl groups is 1. The molecule has 0 aliphatic heterocycles. The molecule has 0 atom stereocenters. The van der Waals surface area contributed by atoms with Crippen molar-refractivity contribution >= 4 is 0 Å². The van der Waals surface area contributed by atoms with Gasteiger partial charge < -0.3 is 15.2 Å². The van der Waals surface area contributed by atoms with Crippen LogP contribution in [0.5, 0.6) is 5.75 Å². The van der Waals surface area contributed by atoms with Crippen LogP contribution in [-0.2, 0) is 6.54 Å². The lowest BCUT2D eigenvalue weighted by molar-refractivity contribution is 0.187. The zero-order chi connectivity index (χ0) is 12.7. The lowest BCUT2D eigenvalue weighted by Crippen LogP contribution is -2.42. The summed E-state index contributed by atoms with van der Waals surface area (Å²) in [7, 11) is 0. The van der Waals surface area contributed by atoms with Crippen LogP contribution in [0.15, 0.2) is 36.9 Å². The van der Waals surface area contributed by atoms with Crippen LogP contribution in [0.1, 0.15) is 19.4 Å². The normalized spacial score (nSPS) is 11.2. The number of rotatable bonds is 7. The van der Waals surface area contributed by atoms with Crippen LogP contribution in [-0.4, -0.2) is 23.9 Å². The van der Waals surface area contributed by atoms with Crippen molar-refractivity contribution in [3.63, 3.8) is 0 Å². The Bertz CT molecular complexity index is 344. The van der Waals surface area contributed by atoms with Crippen molar-refractivity contribution in [3.8, 4) is 5.75 Å². The molecule has 0 saturated heterocycles. The summed E-state index contributed by atoms with van der Waals surface area (Å²) in [5.74, 6) is 0.843. The monoisotopic (exact) mass is 235 g/mol. The number of hydrogen-bond donors (Lipinski definition) is 2. The minimum atomic E-state index is -0.252. The molecule has 0 radical (unpaired) electrons. The van der Waals surface area contributed by atoms with Gasteiger partial charge in [0.05, 0.1) is 6.61 Å². The third-order valence-electron chi connectivity index (χ3n) is 2.46. The molecule has 17 heavy (non-hydrogen) atoms. The van der Waals surface area contributed by atoms with Gasteiger partial charge in [-0.2, -0.15) is 0 Å². The van der Waals surface area contributed by atoms with Crippen LogP contribution >= 0.6 is 0 Å². The maximum absolute atomic E-state index is 9.12. The van der Waals surface area contributed by atoms with Crippen molar-refractivity contribution in [1.82, 2.24) is 5.32 Å². The number of nitrogens with one attached hydrogen (secondary N) is 1. The molecule has 94 valence electrons. The van der Waals surface area contributed by atoms with Crippen molar-refractivity contribution in [2.75, 3.05) is 13.2 Å². The highest BCUT2D eigenvalue weighted by molar-refractivity contribution is 5.27. The van der Waals surface area contributed by atoms with Crippen molar-refractivity contribution in [2.24, 2.45) is 0 Å². The van der Waals surface area contributed by atoms with Crippen molar-refractivity contribution in [3.05, 3.63) is 42.5 Å². The predicted molar refractivity (Wildman–Crippen MR) is 70.1 cm³/mol. The molecule has 0 aliphatic rings. The second-order valence-electron chi connectivity index (χ2n) is 4.64. The molecule has 0 fully saturated rings. The second-order valence-corrected chi connectivity index (χ2v) is 4.64. The first kappa shape index (κ1) is 13.7. The molecule has 3 heteroatoms. The van der Waals surface area contributed by atoms with Gasteiger partial charge >= 0.3 is 0 Å². The summed E-state index contributed by atoms with van der Waals surface area (Å²) in [6.45, 7) is 8.91. The molecular weight excluding hydrogens is 214 g/mol. The fraction of sp³-hybridized carbons (Fsp3) is 0.429. The number of ether oxygens (including phenoxy) is 1. The van der Waals surface area contributed by atoms with Crippen LogP contribution in [0.4, 0.5) is 0 Å². The van der Waals surface area contributed by atoms with Gasteiger partial charge in [-0.1, -0.05) is 24.8 Å². The first-order chi connectivity index (χ1) is 8.07. The third-order valence-corrected chi connectivity index (χ3v) is 2.46. The molecule has 0 heterocycles. The number of benzene rings is 1. The van der Waals surface area contributed by atoms with Crippen molar-refractivity contribution in [1.29, 1.82) is 0 Å². The van der Waals surface area contributed by atoms with E-state index in [1.165, 1.54) is 0 Å². The Morgan fingerprint density at radius 3 is 2.53 bits per heavy atom. The highest BCUT2D eigenvalue weighted by atomic mass is 16.5. The van der Waals surface area contributed by atoms with Gasteiger partial charge in [0.1, 0.15) is 12.4 Å². The van der Waals surface area contributed by atoms with Gasteiger partial charge in [-0.15, -0.1) is 0 Å². The van der Waals surface area contributed by atoms with E-state index < -0.39 is 0 Å². The summed E-state index contributed by atoms with van der Waals surface area (Å²) < 4.78 is 5.40. The fourth-order valence-electron chi connectivity index (χ4n) is 1.26. The van der Waals surface area contributed by atoms with Gasteiger partial charge in [-0.05, 0) is 31.5 Å². The second kappa shape index (κ2) is 6.42. The fourth-order valence-corrected chi connectivity index (χ4v) is 1.26. The largest absolute Gasteiger partial charge is 0.490 e. The average molecular weight is 235 g/mol. The molecule has 2 N–H and O–H groups in total. The third kappa shape index (κ3) is 5.02. The molecule has 1 aromatic rings. The maximum Gasteiger partial charge on any atom is 0.119 e. The molecule has 0 unspecified atom stereocenters. The Balaban J connectivity index is 2.48. The van der Waals surface area contributed by atoms with E-state index in [0.717, 1.165) is 17.9 Å². The summed E-state index contributed by atoms with van der Waals surface area (Å²) in [5, 5.41) is 12.4. The summed E-state index contributed by atoms with van der Waals surface area (Å²) in [5.41, 5.74) is 0.912. The minimum absolute atomic E-state index is 0.119. The van der Waals surface area contributed by atoms with Crippen LogP contribution in [0, 0.1) is 0 Å². The lowest BCUT2D eigenvalue weighted by atomic mass is 10.1. The van der Waals surface area contributed by atoms with E-state index in [2.05, 4.69) is 11.9 Å². The van der Waals surface area contributed by atoms with Gasteiger partial charge in [0.25, 0.3) is 0 Å². The van der Waals surface area contributed by atoms with Crippen LogP contribution in [0.25, 0.3) is 0 Å². The van der Waals surface area contributed by atoms with Crippen LogP contribution in [0.3, 0.4) is 0 Å². The van der Waals surface area contributed by atoms with E-state index in [0.29, 0.717) is 6.61 Å². The Labute approximate surface area is 103 Å². The summed E-state index contributed by atoms with van der Waals surface area (Å²) in [6.07, 6.45) is 1.72. The standard InChI is InChI=1S/C14H21NO2/c1-4-9-17-13-7-5-12(6-8-13)10-15-14(2,3)11-16/h4-8,15-16H,1,9-11H2,2-3H3. The smallest absolute Gasteiger partial charge is 0.119 e. The van der Waals surface area contributed by atoms with Crippen LogP contribution in [0.2, 0.25) is 0 Å². The topological polar surface area (TPSA) is 41.5 Å². The van der Waals surface area contributed by atoms with E-state index in [4.69, 9.17) is 9.84 Å². The van der Waals surface area contributed by atoms with E-state index in [1.807, 2.05) is 38.1 Å². The Hall–Kier alpha value is -1.32. The van der Waals surface area contributed by atoms with Gasteiger partial charge in [0.15, 0.2) is 0 Å². The Morgan fingerprint density at radius 2 is 2.00 bits per heavy atom. The molecular formula is C14H21NO2. The quantitative estimate of drug-likeness (QED) is 0.711. The number of hydrogen-bond acceptors (Lipinski definition) is 3. The van der Waals surface area contributed by atoms with E-state index in [1.54, 1.807) is 6.08 Å². The van der Waals surface area contributed by atoms with Gasteiger partial charge in [-0.3, -0.25) is 0 Å². The minimum Gasteiger partial charge on any atom is -0.490 e. The predicted octanol–water partition coefficient (Wildman–Crippen LogP) is 2.11. The van der Waals surface area contributed by atoms with Crippen molar-refractivity contribution in [2.45, 2.75) is 25.9 Å². The van der Waals surface area contributed by atoms with Gasteiger partial charge in [0.2, 0.25) is 0 Å². The SMILES string of the molecule is C=CCOc1ccc(CNC(C)(C)CO)cc1. The summed E-state index contributed by atoms with van der Waals surface area (Å²) in [4.78, 5) is 0. The molecule has 1 aromatic carbocycles. The molecule has 0 bridgehead atoms. The van der Waals surface area contributed by atoms with Gasteiger partial charge in [-0.25, -0.2) is 0 Å². The molecule has 0 amide bonds. The Morgan fingerprint density at radius 1 is 1.35 bits per heavy atom. The molecule has 0 saturated carbocycles. The molecule has 1 rings (SSSR count). The van der Waals surface area contributed by atoms with E-state index in [9.17, 15) is 0 Å². The van der Waals surface area contributed by atoms with Crippen LogP contribution < -0.4 is 10.1 Å². The number of aliphatic hydroxyl groups excluding tert-OH is 1. The van der Waals surface area contributed by atoms with Gasteiger partial charge in [0, 0.05) is 12.1 Å². The van der Waals surface area contributed by atoms with E-state index in [-0.39, 0.29) is 12.1 Å². The Kier molecular flexibility index (Phi) is 5.19.